The average molecular weight is 258 g/mol. The van der Waals surface area contributed by atoms with Crippen LogP contribution in [0, 0.1) is 0 Å². The van der Waals surface area contributed by atoms with Crippen LogP contribution in [0.5, 0.6) is 17.2 Å². The van der Waals surface area contributed by atoms with E-state index in [4.69, 9.17) is 14.2 Å². The number of carbonyl (C=O) groups is 1. The molecule has 0 bridgehead atoms. The number of benzene rings is 2. The molecule has 0 radical (unpaired) electrons. The van der Waals surface area contributed by atoms with Crippen LogP contribution in [0.4, 0.5) is 0 Å². The number of carbonyl (C=O) groups excluding carboxylic acids is 1. The Morgan fingerprint density at radius 1 is 1.05 bits per heavy atom. The van der Waals surface area contributed by atoms with Crippen LogP contribution in [0.15, 0.2) is 48.5 Å². The number of hydrogen-bond donors (Lipinski definition) is 0. The summed E-state index contributed by atoms with van der Waals surface area (Å²) in [5.41, 5.74) is 1.07. The lowest BCUT2D eigenvalue weighted by atomic mass is 10.2. The van der Waals surface area contributed by atoms with E-state index in [0.717, 1.165) is 5.56 Å². The van der Waals surface area contributed by atoms with Crippen molar-refractivity contribution in [2.24, 2.45) is 0 Å². The Balaban J connectivity index is 2.09. The van der Waals surface area contributed by atoms with Crippen molar-refractivity contribution < 1.29 is 19.0 Å². The highest BCUT2D eigenvalue weighted by molar-refractivity contribution is 5.51. The van der Waals surface area contributed by atoms with Gasteiger partial charge in [0.15, 0.2) is 11.5 Å². The zero-order chi connectivity index (χ0) is 13.5. The quantitative estimate of drug-likeness (QED) is 0.747. The van der Waals surface area contributed by atoms with E-state index in [1.165, 1.54) is 7.11 Å². The normalized spacial score (nSPS) is 9.74. The molecular formula is C15H14O4. The Morgan fingerprint density at radius 2 is 1.84 bits per heavy atom. The van der Waals surface area contributed by atoms with Gasteiger partial charge in [0.2, 0.25) is 0 Å². The molecule has 2 rings (SSSR count). The molecule has 0 aliphatic carbocycles. The van der Waals surface area contributed by atoms with Gasteiger partial charge in [0.1, 0.15) is 12.4 Å². The maximum atomic E-state index is 10.3. The maximum absolute atomic E-state index is 10.3. The third-order valence-corrected chi connectivity index (χ3v) is 2.56. The molecule has 0 N–H and O–H groups in total. The van der Waals surface area contributed by atoms with Crippen molar-refractivity contribution >= 4 is 6.47 Å². The molecule has 0 aromatic heterocycles. The molecule has 0 amide bonds. The lowest BCUT2D eigenvalue weighted by Crippen LogP contribution is -1.98. The zero-order valence-corrected chi connectivity index (χ0v) is 10.5. The van der Waals surface area contributed by atoms with Gasteiger partial charge < -0.3 is 14.2 Å². The number of hydrogen-bond acceptors (Lipinski definition) is 4. The minimum atomic E-state index is 0.374. The van der Waals surface area contributed by atoms with Gasteiger partial charge >= 0.3 is 0 Å². The van der Waals surface area contributed by atoms with Crippen LogP contribution >= 0.6 is 0 Å². The van der Waals surface area contributed by atoms with E-state index < -0.39 is 0 Å². The van der Waals surface area contributed by atoms with Crippen LogP contribution in [-0.2, 0) is 11.4 Å². The summed E-state index contributed by atoms with van der Waals surface area (Å²) < 4.78 is 15.6. The highest BCUT2D eigenvalue weighted by Gasteiger charge is 2.06. The number of rotatable bonds is 6. The molecule has 0 spiro atoms. The minimum absolute atomic E-state index is 0.374. The summed E-state index contributed by atoms with van der Waals surface area (Å²) in [4.78, 5) is 10.3. The summed E-state index contributed by atoms with van der Waals surface area (Å²) in [5, 5.41) is 0. The van der Waals surface area contributed by atoms with Gasteiger partial charge in [0.05, 0.1) is 7.11 Å². The van der Waals surface area contributed by atoms with Crippen molar-refractivity contribution in [2.45, 2.75) is 6.61 Å². The molecule has 0 unspecified atom stereocenters. The van der Waals surface area contributed by atoms with E-state index in [2.05, 4.69) is 0 Å². The lowest BCUT2D eigenvalue weighted by molar-refractivity contribution is -0.120. The van der Waals surface area contributed by atoms with Gasteiger partial charge in [-0.1, -0.05) is 30.3 Å². The van der Waals surface area contributed by atoms with Gasteiger partial charge in [0.25, 0.3) is 6.47 Å². The fraction of sp³-hybridized carbons (Fsp3) is 0.133. The van der Waals surface area contributed by atoms with Crippen molar-refractivity contribution in [2.75, 3.05) is 7.11 Å². The number of methoxy groups -OCH3 is 1. The molecule has 0 fully saturated rings. The van der Waals surface area contributed by atoms with Gasteiger partial charge in [-0.2, -0.15) is 0 Å². The third-order valence-electron chi connectivity index (χ3n) is 2.56. The van der Waals surface area contributed by atoms with Gasteiger partial charge in [-0.05, 0) is 17.7 Å². The largest absolute Gasteiger partial charge is 0.493 e. The Morgan fingerprint density at radius 3 is 2.53 bits per heavy atom. The van der Waals surface area contributed by atoms with E-state index in [-0.39, 0.29) is 0 Å². The van der Waals surface area contributed by atoms with Gasteiger partial charge in [0, 0.05) is 6.07 Å². The summed E-state index contributed by atoms with van der Waals surface area (Å²) in [7, 11) is 1.54. The van der Waals surface area contributed by atoms with Crippen LogP contribution in [0.3, 0.4) is 0 Å². The second kappa shape index (κ2) is 6.44. The summed E-state index contributed by atoms with van der Waals surface area (Å²) in [5.74, 6) is 1.54. The van der Waals surface area contributed by atoms with Crippen molar-refractivity contribution in [3.05, 3.63) is 54.1 Å². The van der Waals surface area contributed by atoms with E-state index in [9.17, 15) is 4.79 Å². The molecule has 2 aromatic carbocycles. The SMILES string of the molecule is COc1cc(OC=O)ccc1OCc1ccccc1. The standard InChI is InChI=1S/C15H14O4/c1-17-15-9-13(19-11-16)7-8-14(15)18-10-12-5-3-2-4-6-12/h2-9,11H,10H2,1H3. The molecule has 4 nitrogen and oxygen atoms in total. The molecule has 0 aliphatic rings. The summed E-state index contributed by atoms with van der Waals surface area (Å²) in [6, 6.07) is 14.8. The van der Waals surface area contributed by atoms with Crippen molar-refractivity contribution in [1.82, 2.24) is 0 Å². The lowest BCUT2D eigenvalue weighted by Gasteiger charge is -2.11. The highest BCUT2D eigenvalue weighted by Crippen LogP contribution is 2.31. The Labute approximate surface area is 111 Å². The summed E-state index contributed by atoms with van der Waals surface area (Å²) >= 11 is 0. The van der Waals surface area contributed by atoms with Crippen molar-refractivity contribution in [1.29, 1.82) is 0 Å². The molecular weight excluding hydrogens is 244 g/mol. The van der Waals surface area contributed by atoms with Crippen molar-refractivity contribution in [3.8, 4) is 17.2 Å². The van der Waals surface area contributed by atoms with Crippen LogP contribution in [0.2, 0.25) is 0 Å². The first-order chi connectivity index (χ1) is 9.33. The molecule has 0 saturated heterocycles. The van der Waals surface area contributed by atoms with Crippen LogP contribution in [0.25, 0.3) is 0 Å². The number of ether oxygens (including phenoxy) is 3. The van der Waals surface area contributed by atoms with Gasteiger partial charge in [-0.15, -0.1) is 0 Å². The minimum Gasteiger partial charge on any atom is -0.493 e. The van der Waals surface area contributed by atoms with Gasteiger partial charge in [-0.3, -0.25) is 4.79 Å². The predicted octanol–water partition coefficient (Wildman–Crippen LogP) is 2.81. The van der Waals surface area contributed by atoms with E-state index in [1.807, 2.05) is 30.3 Å². The van der Waals surface area contributed by atoms with Crippen LogP contribution in [-0.4, -0.2) is 13.6 Å². The molecule has 19 heavy (non-hydrogen) atoms. The highest BCUT2D eigenvalue weighted by atomic mass is 16.5. The van der Waals surface area contributed by atoms with Crippen LogP contribution in [0.1, 0.15) is 5.56 Å². The molecule has 0 aliphatic heterocycles. The molecule has 4 heteroatoms. The fourth-order valence-electron chi connectivity index (χ4n) is 1.63. The monoisotopic (exact) mass is 258 g/mol. The topological polar surface area (TPSA) is 44.8 Å². The Hall–Kier alpha value is -2.49. The molecule has 0 saturated carbocycles. The zero-order valence-electron chi connectivity index (χ0n) is 10.5. The average Bonchev–Trinajstić information content (AvgIpc) is 2.47. The Bertz CT molecular complexity index is 537. The second-order valence-corrected chi connectivity index (χ2v) is 3.80. The van der Waals surface area contributed by atoms with E-state index >= 15 is 0 Å². The first kappa shape index (κ1) is 13.0. The maximum Gasteiger partial charge on any atom is 0.298 e. The summed E-state index contributed by atoms with van der Waals surface area (Å²) in [6.45, 7) is 0.824. The fourth-order valence-corrected chi connectivity index (χ4v) is 1.63. The Kier molecular flexibility index (Phi) is 4.39. The molecule has 2 aromatic rings. The predicted molar refractivity (Wildman–Crippen MR) is 70.5 cm³/mol. The van der Waals surface area contributed by atoms with E-state index in [0.29, 0.717) is 30.3 Å². The summed E-state index contributed by atoms with van der Waals surface area (Å²) in [6.07, 6.45) is 0. The van der Waals surface area contributed by atoms with Gasteiger partial charge in [-0.25, -0.2) is 0 Å². The molecule has 98 valence electrons. The molecule has 0 heterocycles. The first-order valence-corrected chi connectivity index (χ1v) is 5.78. The first-order valence-electron chi connectivity index (χ1n) is 5.78. The third kappa shape index (κ3) is 3.48. The van der Waals surface area contributed by atoms with Crippen molar-refractivity contribution in [3.63, 3.8) is 0 Å². The van der Waals surface area contributed by atoms with Crippen LogP contribution < -0.4 is 14.2 Å². The smallest absolute Gasteiger partial charge is 0.298 e. The second-order valence-electron chi connectivity index (χ2n) is 3.80. The molecule has 0 atom stereocenters. The van der Waals surface area contributed by atoms with E-state index in [1.54, 1.807) is 18.2 Å².